The molecule has 1 fully saturated rings. The van der Waals surface area contributed by atoms with Crippen molar-refractivity contribution >= 4 is 29.1 Å². The van der Waals surface area contributed by atoms with E-state index in [1.807, 2.05) is 17.0 Å². The van der Waals surface area contributed by atoms with E-state index in [9.17, 15) is 9.59 Å². The minimum atomic E-state index is -0.224. The molecule has 7 nitrogen and oxygen atoms in total. The van der Waals surface area contributed by atoms with Crippen molar-refractivity contribution in [3.8, 4) is 0 Å². The van der Waals surface area contributed by atoms with Crippen molar-refractivity contribution in [2.45, 2.75) is 52.0 Å². The number of hydrogen-bond donors (Lipinski definition) is 1. The first kappa shape index (κ1) is 18.6. The molecular formula is C18H25N5O2S. The normalized spacial score (nSPS) is 15.1. The van der Waals surface area contributed by atoms with Gasteiger partial charge in [-0.25, -0.2) is 9.67 Å². The Balaban J connectivity index is 1.56. The lowest BCUT2D eigenvalue weighted by atomic mass is 10.2. The Labute approximate surface area is 157 Å². The smallest absolute Gasteiger partial charge is 0.268 e. The molecule has 140 valence electrons. The highest BCUT2D eigenvalue weighted by Crippen LogP contribution is 2.24. The van der Waals surface area contributed by atoms with Crippen LogP contribution in [0.5, 0.6) is 0 Å². The number of nitrogens with zero attached hydrogens (tertiary/aromatic N) is 4. The molecular weight excluding hydrogens is 350 g/mol. The number of aromatic nitrogens is 3. The third-order valence-corrected chi connectivity index (χ3v) is 5.82. The molecule has 1 aliphatic rings. The molecule has 3 heterocycles. The van der Waals surface area contributed by atoms with Crippen molar-refractivity contribution in [3.05, 3.63) is 28.2 Å². The molecule has 0 radical (unpaired) electrons. The lowest BCUT2D eigenvalue weighted by Crippen LogP contribution is -2.34. The first-order chi connectivity index (χ1) is 12.5. The van der Waals surface area contributed by atoms with Crippen LogP contribution >= 0.6 is 11.3 Å². The fourth-order valence-electron chi connectivity index (χ4n) is 2.94. The maximum atomic E-state index is 12.4. The Kier molecular flexibility index (Phi) is 6.03. The molecule has 0 aromatic carbocycles. The molecule has 0 aliphatic carbocycles. The van der Waals surface area contributed by atoms with Gasteiger partial charge in [-0.1, -0.05) is 26.7 Å². The zero-order valence-electron chi connectivity index (χ0n) is 15.3. The second-order valence-electron chi connectivity index (χ2n) is 6.87. The van der Waals surface area contributed by atoms with Crippen LogP contribution in [0.1, 0.15) is 60.0 Å². The number of nitrogens with one attached hydrogen (secondary N) is 1. The molecule has 1 aliphatic heterocycles. The summed E-state index contributed by atoms with van der Waals surface area (Å²) in [6.45, 7) is 5.97. The summed E-state index contributed by atoms with van der Waals surface area (Å²) in [4.78, 5) is 32.5. The summed E-state index contributed by atoms with van der Waals surface area (Å²) < 4.78 is 1.48. The summed E-state index contributed by atoms with van der Waals surface area (Å²) in [7, 11) is 0. The molecule has 3 rings (SSSR count). The predicted octanol–water partition coefficient (Wildman–Crippen LogP) is 3.12. The Bertz CT molecular complexity index is 759. The molecule has 2 aromatic heterocycles. The van der Waals surface area contributed by atoms with Gasteiger partial charge in [0.05, 0.1) is 4.88 Å². The summed E-state index contributed by atoms with van der Waals surface area (Å²) in [5, 5.41) is 6.90. The van der Waals surface area contributed by atoms with Crippen LogP contribution in [-0.2, 0) is 11.3 Å². The van der Waals surface area contributed by atoms with Gasteiger partial charge in [-0.3, -0.25) is 14.9 Å². The number of thiophene rings is 1. The van der Waals surface area contributed by atoms with Gasteiger partial charge in [0.15, 0.2) is 0 Å². The van der Waals surface area contributed by atoms with Crippen LogP contribution in [0.4, 0.5) is 5.95 Å². The Morgan fingerprint density at radius 1 is 1.19 bits per heavy atom. The molecule has 0 bridgehead atoms. The van der Waals surface area contributed by atoms with E-state index in [0.29, 0.717) is 10.8 Å². The average molecular weight is 375 g/mol. The van der Waals surface area contributed by atoms with Crippen LogP contribution in [0, 0.1) is 0 Å². The van der Waals surface area contributed by atoms with Crippen molar-refractivity contribution in [1.82, 2.24) is 19.7 Å². The van der Waals surface area contributed by atoms with Gasteiger partial charge in [0.1, 0.15) is 12.9 Å². The number of carbonyl (C=O) groups excluding carboxylic acids is 2. The second-order valence-corrected chi connectivity index (χ2v) is 7.99. The largest absolute Gasteiger partial charge is 0.341 e. The number of carbonyl (C=O) groups is 2. The fraction of sp³-hybridized carbons (Fsp3) is 0.556. The van der Waals surface area contributed by atoms with E-state index in [-0.39, 0.29) is 24.3 Å². The first-order valence-corrected chi connectivity index (χ1v) is 9.93. The van der Waals surface area contributed by atoms with Gasteiger partial charge in [0.2, 0.25) is 11.9 Å². The summed E-state index contributed by atoms with van der Waals surface area (Å²) in [5.41, 5.74) is 0. The van der Waals surface area contributed by atoms with Crippen molar-refractivity contribution in [2.75, 3.05) is 18.4 Å². The minimum Gasteiger partial charge on any atom is -0.341 e. The Morgan fingerprint density at radius 3 is 2.58 bits per heavy atom. The second kappa shape index (κ2) is 8.44. The summed E-state index contributed by atoms with van der Waals surface area (Å²) in [6.07, 6.45) is 5.97. The molecule has 0 spiro atoms. The van der Waals surface area contributed by atoms with Crippen LogP contribution in [0.2, 0.25) is 0 Å². The number of rotatable bonds is 5. The minimum absolute atomic E-state index is 0.0505. The van der Waals surface area contributed by atoms with Gasteiger partial charge in [-0.05, 0) is 30.9 Å². The third kappa shape index (κ3) is 4.69. The number of anilines is 1. The fourth-order valence-corrected chi connectivity index (χ4v) is 3.84. The van der Waals surface area contributed by atoms with Gasteiger partial charge in [0.25, 0.3) is 5.91 Å². The highest BCUT2D eigenvalue weighted by Gasteiger charge is 2.17. The highest BCUT2D eigenvalue weighted by molar-refractivity contribution is 7.14. The standard InChI is InChI=1S/C18H25N5O2S/c1-13(2)14-7-8-15(26-14)17(25)20-18-19-12-23(21-18)11-16(24)22-9-5-3-4-6-10-22/h7-8,12-13H,3-6,9-11H2,1-2H3,(H,20,21,25). The molecule has 26 heavy (non-hydrogen) atoms. The summed E-state index contributed by atoms with van der Waals surface area (Å²) >= 11 is 1.47. The third-order valence-electron chi connectivity index (χ3n) is 4.44. The first-order valence-electron chi connectivity index (χ1n) is 9.11. The predicted molar refractivity (Wildman–Crippen MR) is 101 cm³/mol. The van der Waals surface area contributed by atoms with Crippen LogP contribution < -0.4 is 5.32 Å². The highest BCUT2D eigenvalue weighted by atomic mass is 32.1. The molecule has 1 N–H and O–H groups in total. The molecule has 2 aromatic rings. The van der Waals surface area contributed by atoms with Gasteiger partial charge < -0.3 is 4.90 Å². The topological polar surface area (TPSA) is 80.1 Å². The SMILES string of the molecule is CC(C)c1ccc(C(=O)Nc2ncn(CC(=O)N3CCCCCC3)n2)s1. The van der Waals surface area contributed by atoms with Gasteiger partial charge in [-0.15, -0.1) is 16.4 Å². The van der Waals surface area contributed by atoms with Gasteiger partial charge in [0, 0.05) is 18.0 Å². The van der Waals surface area contributed by atoms with Gasteiger partial charge in [-0.2, -0.15) is 0 Å². The maximum Gasteiger partial charge on any atom is 0.268 e. The average Bonchev–Trinajstić information content (AvgIpc) is 3.18. The van der Waals surface area contributed by atoms with E-state index in [2.05, 4.69) is 29.2 Å². The molecule has 1 saturated heterocycles. The number of hydrogen-bond acceptors (Lipinski definition) is 5. The Morgan fingerprint density at radius 2 is 1.92 bits per heavy atom. The van der Waals surface area contributed by atoms with E-state index in [0.717, 1.165) is 30.8 Å². The van der Waals surface area contributed by atoms with Crippen LogP contribution in [0.25, 0.3) is 0 Å². The molecule has 0 unspecified atom stereocenters. The quantitative estimate of drug-likeness (QED) is 0.871. The lowest BCUT2D eigenvalue weighted by Gasteiger charge is -2.19. The van der Waals surface area contributed by atoms with Crippen LogP contribution in [0.15, 0.2) is 18.5 Å². The van der Waals surface area contributed by atoms with Crippen LogP contribution in [0.3, 0.4) is 0 Å². The van der Waals surface area contributed by atoms with Crippen molar-refractivity contribution < 1.29 is 9.59 Å². The summed E-state index contributed by atoms with van der Waals surface area (Å²) in [5.74, 6) is 0.440. The molecule has 0 atom stereocenters. The van der Waals surface area contributed by atoms with E-state index in [1.54, 1.807) is 0 Å². The zero-order valence-corrected chi connectivity index (χ0v) is 16.1. The Hall–Kier alpha value is -2.22. The number of amides is 2. The van der Waals surface area contributed by atoms with E-state index in [1.165, 1.54) is 35.2 Å². The van der Waals surface area contributed by atoms with Crippen molar-refractivity contribution in [1.29, 1.82) is 0 Å². The van der Waals surface area contributed by atoms with Crippen LogP contribution in [-0.4, -0.2) is 44.6 Å². The molecule has 0 saturated carbocycles. The lowest BCUT2D eigenvalue weighted by molar-refractivity contribution is -0.132. The molecule has 8 heteroatoms. The summed E-state index contributed by atoms with van der Waals surface area (Å²) in [6, 6.07) is 3.78. The maximum absolute atomic E-state index is 12.4. The van der Waals surface area contributed by atoms with Crippen molar-refractivity contribution in [3.63, 3.8) is 0 Å². The van der Waals surface area contributed by atoms with E-state index >= 15 is 0 Å². The van der Waals surface area contributed by atoms with E-state index < -0.39 is 0 Å². The van der Waals surface area contributed by atoms with Crippen molar-refractivity contribution in [2.24, 2.45) is 0 Å². The monoisotopic (exact) mass is 375 g/mol. The van der Waals surface area contributed by atoms with E-state index in [4.69, 9.17) is 0 Å². The van der Waals surface area contributed by atoms with Gasteiger partial charge >= 0.3 is 0 Å². The number of likely N-dealkylation sites (tertiary alicyclic amines) is 1. The zero-order chi connectivity index (χ0) is 18.5. The molecule has 2 amide bonds.